The number of carbonyl (C=O) groups excluding carboxylic acids is 3. The van der Waals surface area contributed by atoms with Crippen molar-refractivity contribution in [3.63, 3.8) is 0 Å². The number of aromatic hydroxyl groups is 2. The number of carbonyl (C=O) groups is 3. The first-order valence-corrected chi connectivity index (χ1v) is 9.09. The third-order valence-corrected chi connectivity index (χ3v) is 4.51. The molecule has 1 aromatic rings. The van der Waals surface area contributed by atoms with Crippen molar-refractivity contribution < 1.29 is 29.3 Å². The molecule has 0 saturated heterocycles. The normalized spacial score (nSPS) is 20.7. The van der Waals surface area contributed by atoms with E-state index in [1.54, 1.807) is 19.1 Å². The van der Waals surface area contributed by atoms with Crippen LogP contribution in [0.15, 0.2) is 12.1 Å². The molecule has 0 aliphatic carbocycles. The van der Waals surface area contributed by atoms with E-state index in [9.17, 15) is 24.6 Å². The Balaban J connectivity index is 2.44. The molecule has 27 heavy (non-hydrogen) atoms. The van der Waals surface area contributed by atoms with Gasteiger partial charge in [-0.3, -0.25) is 9.59 Å². The van der Waals surface area contributed by atoms with Gasteiger partial charge in [-0.15, -0.1) is 0 Å². The van der Waals surface area contributed by atoms with Gasteiger partial charge in [-0.1, -0.05) is 12.2 Å². The highest BCUT2D eigenvalue weighted by atomic mass is 16.5. The number of esters is 1. The molecule has 0 bridgehead atoms. The van der Waals surface area contributed by atoms with Crippen molar-refractivity contribution in [3.05, 3.63) is 28.8 Å². The molecule has 0 radical (unpaired) electrons. The number of ketones is 1. The van der Waals surface area contributed by atoms with Gasteiger partial charge >= 0.3 is 5.97 Å². The molecule has 0 aromatic heterocycles. The lowest BCUT2D eigenvalue weighted by molar-refractivity contribution is -0.119. The number of benzene rings is 1. The van der Waals surface area contributed by atoms with E-state index in [0.717, 1.165) is 12.8 Å². The maximum Gasteiger partial charge on any atom is 0.342 e. The van der Waals surface area contributed by atoms with Crippen LogP contribution in [0.4, 0.5) is 0 Å². The molecule has 2 rings (SSSR count). The number of amides is 1. The maximum atomic E-state index is 12.6. The highest BCUT2D eigenvalue weighted by Crippen LogP contribution is 2.35. The predicted molar refractivity (Wildman–Crippen MR) is 99.5 cm³/mol. The standard InChI is InChI=1S/C20H25NO6/c1-12-7-5-6-10-14(22)9-4-2-3-8-13-11-15(23)17(19(21)25)18(24)16(13)20(26)27-12/h3,8,11-12,23-24H,2,4-7,9-10H2,1H3,(H2,21,25)/b8-3+. The van der Waals surface area contributed by atoms with Crippen LogP contribution in [0.2, 0.25) is 0 Å². The third-order valence-electron chi connectivity index (χ3n) is 4.51. The second-order valence-corrected chi connectivity index (χ2v) is 6.74. The van der Waals surface area contributed by atoms with E-state index in [0.29, 0.717) is 32.1 Å². The van der Waals surface area contributed by atoms with E-state index in [2.05, 4.69) is 0 Å². The van der Waals surface area contributed by atoms with Gasteiger partial charge in [0.25, 0.3) is 5.91 Å². The van der Waals surface area contributed by atoms with Crippen LogP contribution in [0.5, 0.6) is 11.5 Å². The minimum Gasteiger partial charge on any atom is -0.507 e. The molecule has 1 unspecified atom stereocenters. The summed E-state index contributed by atoms with van der Waals surface area (Å²) < 4.78 is 5.38. The summed E-state index contributed by atoms with van der Waals surface area (Å²) in [6.07, 6.45) is 7.17. The van der Waals surface area contributed by atoms with Crippen LogP contribution in [-0.4, -0.2) is 34.0 Å². The SMILES string of the molecule is CC1CCCCC(=O)CCC/C=C/c2cc(O)c(C(N)=O)c(O)c2C(=O)O1. The van der Waals surface area contributed by atoms with E-state index in [4.69, 9.17) is 10.5 Å². The first kappa shape index (κ1) is 20.5. The molecule has 0 fully saturated rings. The molecule has 4 N–H and O–H groups in total. The molecular formula is C20H25NO6. The predicted octanol–water partition coefficient (Wildman–Crippen LogP) is 3.07. The van der Waals surface area contributed by atoms with Crippen molar-refractivity contribution in [1.82, 2.24) is 0 Å². The van der Waals surface area contributed by atoms with Crippen molar-refractivity contribution >= 4 is 23.7 Å². The summed E-state index contributed by atoms with van der Waals surface area (Å²) in [5, 5.41) is 20.4. The number of Topliss-reactive ketones (excluding diaryl/α,β-unsaturated/α-hetero) is 1. The van der Waals surface area contributed by atoms with Crippen LogP contribution in [-0.2, 0) is 9.53 Å². The van der Waals surface area contributed by atoms with Gasteiger partial charge in [-0.2, -0.15) is 0 Å². The number of primary amides is 1. The lowest BCUT2D eigenvalue weighted by Crippen LogP contribution is -2.18. The number of phenols is 2. The Hall–Kier alpha value is -2.83. The number of fused-ring (bicyclic) bond motifs is 1. The fourth-order valence-electron chi connectivity index (χ4n) is 3.07. The van der Waals surface area contributed by atoms with Crippen molar-refractivity contribution in [2.45, 2.75) is 58.0 Å². The summed E-state index contributed by atoms with van der Waals surface area (Å²) in [6.45, 7) is 1.72. The molecule has 1 aliphatic rings. The summed E-state index contributed by atoms with van der Waals surface area (Å²) in [4.78, 5) is 36.0. The quantitative estimate of drug-likeness (QED) is 0.647. The highest BCUT2D eigenvalue weighted by molar-refractivity contribution is 6.05. The molecule has 0 saturated carbocycles. The smallest absolute Gasteiger partial charge is 0.342 e. The van der Waals surface area contributed by atoms with Crippen LogP contribution < -0.4 is 5.73 Å². The van der Waals surface area contributed by atoms with Crippen molar-refractivity contribution in [3.8, 4) is 11.5 Å². The number of ether oxygens (including phenoxy) is 1. The number of nitrogens with two attached hydrogens (primary N) is 1. The van der Waals surface area contributed by atoms with Crippen LogP contribution in [0.25, 0.3) is 6.08 Å². The molecule has 1 atom stereocenters. The van der Waals surface area contributed by atoms with Crippen LogP contribution in [0, 0.1) is 0 Å². The molecule has 146 valence electrons. The summed E-state index contributed by atoms with van der Waals surface area (Å²) in [5.41, 5.74) is 4.69. The number of hydrogen-bond donors (Lipinski definition) is 3. The van der Waals surface area contributed by atoms with Crippen LogP contribution >= 0.6 is 0 Å². The molecule has 1 heterocycles. The van der Waals surface area contributed by atoms with Crippen LogP contribution in [0.1, 0.15) is 78.1 Å². The average Bonchev–Trinajstić information content (AvgIpc) is 2.57. The number of cyclic esters (lactones) is 1. The zero-order chi connectivity index (χ0) is 20.0. The fourth-order valence-corrected chi connectivity index (χ4v) is 3.07. The fraction of sp³-hybridized carbons (Fsp3) is 0.450. The topological polar surface area (TPSA) is 127 Å². The maximum absolute atomic E-state index is 12.6. The number of rotatable bonds is 1. The second kappa shape index (κ2) is 9.21. The Morgan fingerprint density at radius 3 is 2.59 bits per heavy atom. The van der Waals surface area contributed by atoms with E-state index in [1.165, 1.54) is 6.07 Å². The van der Waals surface area contributed by atoms with E-state index in [-0.39, 0.29) is 16.9 Å². The first-order valence-electron chi connectivity index (χ1n) is 9.09. The summed E-state index contributed by atoms with van der Waals surface area (Å²) >= 11 is 0. The van der Waals surface area contributed by atoms with E-state index >= 15 is 0 Å². The summed E-state index contributed by atoms with van der Waals surface area (Å²) in [6, 6.07) is 1.20. The Bertz CT molecular complexity index is 768. The molecule has 7 nitrogen and oxygen atoms in total. The number of hydrogen-bond acceptors (Lipinski definition) is 6. The molecule has 0 spiro atoms. The Morgan fingerprint density at radius 2 is 1.89 bits per heavy atom. The lowest BCUT2D eigenvalue weighted by Gasteiger charge is -2.16. The lowest BCUT2D eigenvalue weighted by atomic mass is 9.99. The zero-order valence-corrected chi connectivity index (χ0v) is 15.4. The average molecular weight is 375 g/mol. The highest BCUT2D eigenvalue weighted by Gasteiger charge is 2.26. The minimum atomic E-state index is -1.05. The van der Waals surface area contributed by atoms with Gasteiger partial charge in [0.1, 0.15) is 28.4 Å². The molecular weight excluding hydrogens is 350 g/mol. The van der Waals surface area contributed by atoms with Crippen molar-refractivity contribution in [1.29, 1.82) is 0 Å². The van der Waals surface area contributed by atoms with Gasteiger partial charge < -0.3 is 20.7 Å². The Kier molecular flexibility index (Phi) is 6.98. The first-order chi connectivity index (χ1) is 12.8. The van der Waals surface area contributed by atoms with Gasteiger partial charge in [0.15, 0.2) is 0 Å². The van der Waals surface area contributed by atoms with Crippen molar-refractivity contribution in [2.24, 2.45) is 5.73 Å². The van der Waals surface area contributed by atoms with E-state index in [1.807, 2.05) is 0 Å². The van der Waals surface area contributed by atoms with E-state index < -0.39 is 35.0 Å². The Morgan fingerprint density at radius 1 is 1.19 bits per heavy atom. The molecule has 1 amide bonds. The zero-order valence-electron chi connectivity index (χ0n) is 15.4. The van der Waals surface area contributed by atoms with Gasteiger partial charge in [0.2, 0.25) is 0 Å². The molecule has 7 heteroatoms. The number of allylic oxidation sites excluding steroid dienone is 1. The second-order valence-electron chi connectivity index (χ2n) is 6.74. The van der Waals surface area contributed by atoms with Gasteiger partial charge in [0, 0.05) is 12.8 Å². The Labute approximate surface area is 157 Å². The van der Waals surface area contributed by atoms with Crippen molar-refractivity contribution in [2.75, 3.05) is 0 Å². The monoisotopic (exact) mass is 375 g/mol. The van der Waals surface area contributed by atoms with Gasteiger partial charge in [0.05, 0.1) is 6.10 Å². The summed E-state index contributed by atoms with van der Waals surface area (Å²) in [7, 11) is 0. The summed E-state index contributed by atoms with van der Waals surface area (Å²) in [5.74, 6) is -2.85. The largest absolute Gasteiger partial charge is 0.507 e. The minimum absolute atomic E-state index is 0.212. The van der Waals surface area contributed by atoms with Gasteiger partial charge in [-0.25, -0.2) is 4.79 Å². The molecule has 1 aliphatic heterocycles. The molecule has 1 aromatic carbocycles. The third kappa shape index (κ3) is 5.32. The van der Waals surface area contributed by atoms with Crippen LogP contribution in [0.3, 0.4) is 0 Å². The van der Waals surface area contributed by atoms with Gasteiger partial charge in [-0.05, 0) is 50.7 Å².